The molecule has 1 N–H and O–H groups in total. The maximum Gasteiger partial charge on any atom is 0.269 e. The molecule has 0 bridgehead atoms. The molecule has 136 valence electrons. The Morgan fingerprint density at radius 2 is 2.19 bits per heavy atom. The standard InChI is InChI=1S/C18H20N4O3S/c1-3-9-25-10-8-22(2)18(24)12-11-26-15-14(12)20-16(21-17(15)23)13-6-4-5-7-19-13/h4-7,11H,3,8-10H2,1-2H3,(H,20,21,23). The van der Waals surface area contributed by atoms with Gasteiger partial charge in [-0.25, -0.2) is 4.98 Å². The van der Waals surface area contributed by atoms with Crippen molar-refractivity contribution in [3.05, 3.63) is 45.7 Å². The third-order valence-corrected chi connectivity index (χ3v) is 4.80. The molecule has 8 heteroatoms. The van der Waals surface area contributed by atoms with Gasteiger partial charge < -0.3 is 14.6 Å². The number of aromatic nitrogens is 3. The van der Waals surface area contributed by atoms with Gasteiger partial charge in [0.25, 0.3) is 11.5 Å². The second-order valence-corrected chi connectivity index (χ2v) is 6.68. The van der Waals surface area contributed by atoms with Crippen LogP contribution in [-0.4, -0.2) is 52.6 Å². The third-order valence-electron chi connectivity index (χ3n) is 3.83. The fourth-order valence-corrected chi connectivity index (χ4v) is 3.33. The number of nitrogens with one attached hydrogen (secondary N) is 1. The molecule has 3 aromatic rings. The summed E-state index contributed by atoms with van der Waals surface area (Å²) < 4.78 is 5.87. The van der Waals surface area contributed by atoms with Crippen LogP contribution in [0, 0.1) is 0 Å². The summed E-state index contributed by atoms with van der Waals surface area (Å²) >= 11 is 1.22. The number of aromatic amines is 1. The van der Waals surface area contributed by atoms with Crippen LogP contribution in [0.15, 0.2) is 34.6 Å². The summed E-state index contributed by atoms with van der Waals surface area (Å²) in [6, 6.07) is 5.36. The normalized spacial score (nSPS) is 11.0. The molecule has 0 spiro atoms. The molecule has 0 aliphatic heterocycles. The first kappa shape index (κ1) is 18.2. The lowest BCUT2D eigenvalue weighted by molar-refractivity contribution is 0.0698. The number of carbonyl (C=O) groups excluding carboxylic acids is 1. The highest BCUT2D eigenvalue weighted by Gasteiger charge is 2.20. The van der Waals surface area contributed by atoms with E-state index in [1.165, 1.54) is 11.3 Å². The SMILES string of the molecule is CCCOCCN(C)C(=O)c1csc2c(=O)[nH]c(-c3ccccn3)nc12. The number of nitrogens with zero attached hydrogens (tertiary/aromatic N) is 3. The van der Waals surface area contributed by atoms with Crippen molar-refractivity contribution in [1.82, 2.24) is 19.9 Å². The van der Waals surface area contributed by atoms with Crippen molar-refractivity contribution in [1.29, 1.82) is 0 Å². The average Bonchev–Trinajstić information content (AvgIpc) is 3.09. The number of H-pyrrole nitrogens is 1. The fourth-order valence-electron chi connectivity index (χ4n) is 2.46. The van der Waals surface area contributed by atoms with E-state index in [1.807, 2.05) is 13.0 Å². The van der Waals surface area contributed by atoms with Gasteiger partial charge in [-0.15, -0.1) is 11.3 Å². The molecule has 0 aliphatic carbocycles. The van der Waals surface area contributed by atoms with Crippen molar-refractivity contribution in [2.45, 2.75) is 13.3 Å². The number of pyridine rings is 1. The molecule has 3 aromatic heterocycles. The van der Waals surface area contributed by atoms with Gasteiger partial charge in [-0.3, -0.25) is 14.6 Å². The van der Waals surface area contributed by atoms with E-state index < -0.39 is 0 Å². The van der Waals surface area contributed by atoms with Gasteiger partial charge in [0.2, 0.25) is 0 Å². The van der Waals surface area contributed by atoms with Gasteiger partial charge in [0.1, 0.15) is 15.9 Å². The summed E-state index contributed by atoms with van der Waals surface area (Å²) in [7, 11) is 1.72. The molecule has 0 aliphatic rings. The van der Waals surface area contributed by atoms with E-state index in [9.17, 15) is 9.59 Å². The van der Waals surface area contributed by atoms with Gasteiger partial charge in [-0.1, -0.05) is 13.0 Å². The minimum Gasteiger partial charge on any atom is -0.380 e. The number of carbonyl (C=O) groups is 1. The van der Waals surface area contributed by atoms with Crippen LogP contribution < -0.4 is 5.56 Å². The number of amides is 1. The zero-order chi connectivity index (χ0) is 18.5. The first-order valence-corrected chi connectivity index (χ1v) is 9.26. The van der Waals surface area contributed by atoms with Crippen LogP contribution in [-0.2, 0) is 4.74 Å². The van der Waals surface area contributed by atoms with E-state index in [0.717, 1.165) is 6.42 Å². The number of ether oxygens (including phenoxy) is 1. The number of hydrogen-bond acceptors (Lipinski definition) is 6. The van der Waals surface area contributed by atoms with Gasteiger partial charge in [0, 0.05) is 31.8 Å². The first-order valence-electron chi connectivity index (χ1n) is 8.38. The van der Waals surface area contributed by atoms with E-state index in [4.69, 9.17) is 4.74 Å². The molecule has 0 atom stereocenters. The summed E-state index contributed by atoms with van der Waals surface area (Å²) in [6.07, 6.45) is 2.57. The maximum atomic E-state index is 12.8. The van der Waals surface area contributed by atoms with Crippen LogP contribution in [0.5, 0.6) is 0 Å². The van der Waals surface area contributed by atoms with Crippen LogP contribution in [0.25, 0.3) is 21.7 Å². The maximum absolute atomic E-state index is 12.8. The molecule has 26 heavy (non-hydrogen) atoms. The van der Waals surface area contributed by atoms with Crippen LogP contribution in [0.3, 0.4) is 0 Å². The van der Waals surface area contributed by atoms with Gasteiger partial charge in [-0.2, -0.15) is 0 Å². The highest BCUT2D eigenvalue weighted by molar-refractivity contribution is 7.17. The summed E-state index contributed by atoms with van der Waals surface area (Å²) in [6.45, 7) is 3.67. The smallest absolute Gasteiger partial charge is 0.269 e. The molecule has 0 saturated heterocycles. The Kier molecular flexibility index (Phi) is 5.75. The highest BCUT2D eigenvalue weighted by Crippen LogP contribution is 2.24. The molecule has 3 rings (SSSR count). The van der Waals surface area contributed by atoms with E-state index in [0.29, 0.717) is 47.1 Å². The zero-order valence-electron chi connectivity index (χ0n) is 14.7. The van der Waals surface area contributed by atoms with Gasteiger partial charge >= 0.3 is 0 Å². The van der Waals surface area contributed by atoms with Crippen molar-refractivity contribution in [2.75, 3.05) is 26.8 Å². The van der Waals surface area contributed by atoms with Crippen molar-refractivity contribution in [2.24, 2.45) is 0 Å². The number of thiophene rings is 1. The predicted molar refractivity (Wildman–Crippen MR) is 102 cm³/mol. The molecule has 0 unspecified atom stereocenters. The largest absolute Gasteiger partial charge is 0.380 e. The number of fused-ring (bicyclic) bond motifs is 1. The average molecular weight is 372 g/mol. The molecule has 0 aromatic carbocycles. The molecule has 7 nitrogen and oxygen atoms in total. The summed E-state index contributed by atoms with van der Waals surface area (Å²) in [5.41, 5.74) is 1.11. The molecule has 1 amide bonds. The Labute approximate surface area is 154 Å². The number of likely N-dealkylation sites (N-methyl/N-ethyl adjacent to an activating group) is 1. The van der Waals surface area contributed by atoms with Crippen LogP contribution >= 0.6 is 11.3 Å². The first-order chi connectivity index (χ1) is 12.6. The minimum atomic E-state index is -0.270. The Morgan fingerprint density at radius 1 is 1.35 bits per heavy atom. The fraction of sp³-hybridized carbons (Fsp3) is 0.333. The lowest BCUT2D eigenvalue weighted by Gasteiger charge is -2.16. The molecule has 0 radical (unpaired) electrons. The Balaban J connectivity index is 1.91. The molecular formula is C18H20N4O3S. The molecule has 0 fully saturated rings. The number of rotatable bonds is 7. The van der Waals surface area contributed by atoms with E-state index >= 15 is 0 Å². The van der Waals surface area contributed by atoms with Crippen molar-refractivity contribution in [3.63, 3.8) is 0 Å². The lowest BCUT2D eigenvalue weighted by atomic mass is 10.2. The minimum absolute atomic E-state index is 0.179. The van der Waals surface area contributed by atoms with Gasteiger partial charge in [0.15, 0.2) is 5.82 Å². The topological polar surface area (TPSA) is 88.2 Å². The third kappa shape index (κ3) is 3.81. The lowest BCUT2D eigenvalue weighted by Crippen LogP contribution is -2.30. The van der Waals surface area contributed by atoms with Crippen molar-refractivity contribution < 1.29 is 9.53 Å². The van der Waals surface area contributed by atoms with E-state index in [1.54, 1.807) is 35.7 Å². The predicted octanol–water partition coefficient (Wildman–Crippen LogP) is 2.55. The Bertz CT molecular complexity index is 952. The summed E-state index contributed by atoms with van der Waals surface area (Å²) in [5.74, 6) is 0.172. The summed E-state index contributed by atoms with van der Waals surface area (Å²) in [4.78, 5) is 38.1. The highest BCUT2D eigenvalue weighted by atomic mass is 32.1. The van der Waals surface area contributed by atoms with Crippen LogP contribution in [0.4, 0.5) is 0 Å². The summed E-state index contributed by atoms with van der Waals surface area (Å²) in [5, 5.41) is 1.68. The van der Waals surface area contributed by atoms with E-state index in [-0.39, 0.29) is 11.5 Å². The van der Waals surface area contributed by atoms with Gasteiger partial charge in [0.05, 0.1) is 12.2 Å². The monoisotopic (exact) mass is 372 g/mol. The van der Waals surface area contributed by atoms with Gasteiger partial charge in [-0.05, 0) is 18.6 Å². The molecule has 0 saturated carbocycles. The van der Waals surface area contributed by atoms with E-state index in [2.05, 4.69) is 15.0 Å². The second kappa shape index (κ2) is 8.20. The quantitative estimate of drug-likeness (QED) is 0.644. The van der Waals surface area contributed by atoms with Crippen LogP contribution in [0.2, 0.25) is 0 Å². The molecular weight excluding hydrogens is 352 g/mol. The second-order valence-electron chi connectivity index (χ2n) is 5.80. The Hall–Kier alpha value is -2.58. The number of hydrogen-bond donors (Lipinski definition) is 1. The molecule has 3 heterocycles. The van der Waals surface area contributed by atoms with Crippen molar-refractivity contribution >= 4 is 27.5 Å². The van der Waals surface area contributed by atoms with Crippen LogP contribution in [0.1, 0.15) is 23.7 Å². The Morgan fingerprint density at radius 3 is 2.92 bits per heavy atom. The zero-order valence-corrected chi connectivity index (χ0v) is 15.5. The van der Waals surface area contributed by atoms with Crippen molar-refractivity contribution in [3.8, 4) is 11.5 Å².